The van der Waals surface area contributed by atoms with E-state index in [0.29, 0.717) is 12.1 Å². The standard InChI is InChI=1S/C15H15ClN2.C15H15FN2.C14H13FN2/c1-17-7-2-3-10-11-4-5-13(16)12-6-8-18(15(11)12)9-14(10)17;1-17-5-2-3-12-13-8-11(16)7-10-4-6-18(15(10)13)9-14(12)17;15-11-4-3-9-5-7-17-8-12-10(2-1-6-16-12)13(11)14(9)17/h3-6,8,14H,2,7,9H2,1H3;3-4,6-8,14H,2,5,9H2,1H3;2-5,7,12,16H,1,6,8H2. The lowest BCUT2D eigenvalue weighted by atomic mass is 9.89. The van der Waals surface area contributed by atoms with E-state index in [0.717, 1.165) is 96.5 Å². The highest BCUT2D eigenvalue weighted by atomic mass is 35.5. The first-order valence-electron chi connectivity index (χ1n) is 18.9. The molecule has 3 unspecified atom stereocenters. The van der Waals surface area contributed by atoms with Crippen molar-refractivity contribution in [2.24, 2.45) is 0 Å². The first-order chi connectivity index (χ1) is 25.8. The second-order valence-electron chi connectivity index (χ2n) is 15.4. The topological polar surface area (TPSA) is 33.3 Å². The molecule has 6 nitrogen and oxygen atoms in total. The van der Waals surface area contributed by atoms with Crippen LogP contribution in [-0.2, 0) is 19.6 Å². The third kappa shape index (κ3) is 5.36. The number of hydrogen-bond acceptors (Lipinski definition) is 3. The molecule has 0 amide bonds. The van der Waals surface area contributed by atoms with Crippen LogP contribution in [0.1, 0.15) is 36.0 Å². The third-order valence-electron chi connectivity index (χ3n) is 12.4. The lowest BCUT2D eigenvalue weighted by Crippen LogP contribution is -2.41. The van der Waals surface area contributed by atoms with Gasteiger partial charge >= 0.3 is 0 Å². The summed E-state index contributed by atoms with van der Waals surface area (Å²) < 4.78 is 34.6. The van der Waals surface area contributed by atoms with Crippen LogP contribution in [0.15, 0.2) is 91.4 Å². The normalized spacial score (nSPS) is 22.8. The van der Waals surface area contributed by atoms with Crippen molar-refractivity contribution in [2.45, 2.75) is 57.0 Å². The van der Waals surface area contributed by atoms with Crippen molar-refractivity contribution in [3.8, 4) is 0 Å². The molecular formula is C44H43ClF2N6. The largest absolute Gasteiger partial charge is 0.345 e. The van der Waals surface area contributed by atoms with Crippen molar-refractivity contribution in [1.29, 1.82) is 0 Å². The number of fused-ring (bicyclic) bond motifs is 6. The fraction of sp³-hybridized carbons (Fsp3) is 0.318. The molecule has 0 spiro atoms. The number of aromatic nitrogens is 3. The van der Waals surface area contributed by atoms with Crippen molar-refractivity contribution in [3.63, 3.8) is 0 Å². The summed E-state index contributed by atoms with van der Waals surface area (Å²) in [7, 11) is 4.38. The summed E-state index contributed by atoms with van der Waals surface area (Å²) in [5, 5.41) is 7.65. The average Bonchev–Trinajstić information content (AvgIpc) is 3.91. The molecule has 6 aromatic rings. The predicted molar refractivity (Wildman–Crippen MR) is 213 cm³/mol. The van der Waals surface area contributed by atoms with Gasteiger partial charge in [0.2, 0.25) is 0 Å². The summed E-state index contributed by atoms with van der Waals surface area (Å²) in [6.07, 6.45) is 16.4. The fourth-order valence-corrected chi connectivity index (χ4v) is 9.98. The number of benzene rings is 3. The molecule has 270 valence electrons. The van der Waals surface area contributed by atoms with Crippen molar-refractivity contribution in [3.05, 3.63) is 125 Å². The number of halogens is 3. The van der Waals surface area contributed by atoms with Crippen LogP contribution in [-0.4, -0.2) is 75.4 Å². The highest BCUT2D eigenvalue weighted by Crippen LogP contribution is 2.41. The maximum Gasteiger partial charge on any atom is 0.132 e. The third-order valence-corrected chi connectivity index (χ3v) is 12.7. The van der Waals surface area contributed by atoms with Crippen LogP contribution < -0.4 is 5.32 Å². The first kappa shape index (κ1) is 33.1. The smallest absolute Gasteiger partial charge is 0.132 e. The Morgan fingerprint density at radius 3 is 2.08 bits per heavy atom. The van der Waals surface area contributed by atoms with Gasteiger partial charge in [-0.2, -0.15) is 0 Å². The van der Waals surface area contributed by atoms with E-state index in [1.165, 1.54) is 33.1 Å². The number of likely N-dealkylation sites (N-methyl/N-ethyl adjacent to an activating group) is 2. The molecule has 0 fully saturated rings. The van der Waals surface area contributed by atoms with E-state index in [1.807, 2.05) is 18.2 Å². The summed E-state index contributed by atoms with van der Waals surface area (Å²) in [5.74, 6) is -0.234. The van der Waals surface area contributed by atoms with Crippen molar-refractivity contribution >= 4 is 61.0 Å². The van der Waals surface area contributed by atoms with Crippen LogP contribution in [0, 0.1) is 11.6 Å². The molecule has 0 aliphatic carbocycles. The van der Waals surface area contributed by atoms with Crippen molar-refractivity contribution < 1.29 is 8.78 Å². The van der Waals surface area contributed by atoms with Gasteiger partial charge in [-0.25, -0.2) is 8.78 Å². The Kier molecular flexibility index (Phi) is 8.02. The van der Waals surface area contributed by atoms with Crippen LogP contribution in [0.2, 0.25) is 5.02 Å². The Labute approximate surface area is 313 Å². The minimum absolute atomic E-state index is 0.0999. The zero-order valence-electron chi connectivity index (χ0n) is 30.1. The summed E-state index contributed by atoms with van der Waals surface area (Å²) >= 11 is 6.28. The summed E-state index contributed by atoms with van der Waals surface area (Å²) in [4.78, 5) is 4.83. The van der Waals surface area contributed by atoms with Crippen LogP contribution in [0.25, 0.3) is 49.4 Å². The summed E-state index contributed by atoms with van der Waals surface area (Å²) in [5.41, 5.74) is 10.7. The number of nitrogens with one attached hydrogen (secondary N) is 1. The number of hydrogen-bond donors (Lipinski definition) is 1. The van der Waals surface area contributed by atoms with Crippen LogP contribution >= 0.6 is 11.6 Å². The van der Waals surface area contributed by atoms with Gasteiger partial charge in [-0.3, -0.25) is 9.80 Å². The Balaban J connectivity index is 0.0000000989. The quantitative estimate of drug-likeness (QED) is 0.170. The SMILES string of the molecule is CN1CCC=C2c3cc(F)cc4ccn(c34)CC21.CN1CCC=C2c3ccc(Cl)c4ccn(c34)CC21.Fc1ccc2ccn3c2c1C1=CCCNC1C3. The van der Waals surface area contributed by atoms with Gasteiger partial charge in [-0.05, 0) is 105 Å². The predicted octanol–water partition coefficient (Wildman–Crippen LogP) is 8.82. The molecular weight excluding hydrogens is 686 g/mol. The lowest BCUT2D eigenvalue weighted by Gasteiger charge is -2.37. The minimum atomic E-state index is -0.134. The molecule has 0 saturated heterocycles. The molecule has 53 heavy (non-hydrogen) atoms. The fourth-order valence-electron chi connectivity index (χ4n) is 9.76. The van der Waals surface area contributed by atoms with E-state index in [1.54, 1.807) is 18.2 Å². The number of nitrogens with zero attached hydrogens (tertiary/aromatic N) is 5. The van der Waals surface area contributed by atoms with Crippen LogP contribution in [0.4, 0.5) is 8.78 Å². The summed E-state index contributed by atoms with van der Waals surface area (Å²) in [6, 6.07) is 18.4. The molecule has 3 aromatic heterocycles. The molecule has 9 heteroatoms. The van der Waals surface area contributed by atoms with E-state index in [-0.39, 0.29) is 17.7 Å². The molecule has 0 saturated carbocycles. The van der Waals surface area contributed by atoms with Gasteiger partial charge in [0.05, 0.1) is 34.7 Å². The second kappa shape index (κ2) is 12.8. The number of rotatable bonds is 0. The highest BCUT2D eigenvalue weighted by Gasteiger charge is 2.32. The maximum atomic E-state index is 14.1. The molecule has 6 aliphatic heterocycles. The van der Waals surface area contributed by atoms with Gasteiger partial charge in [-0.15, -0.1) is 0 Å². The molecule has 3 aromatic carbocycles. The Morgan fingerprint density at radius 2 is 1.30 bits per heavy atom. The maximum absolute atomic E-state index is 14.1. The van der Waals surface area contributed by atoms with E-state index in [9.17, 15) is 8.78 Å². The van der Waals surface area contributed by atoms with Gasteiger partial charge in [0.15, 0.2) is 0 Å². The Bertz CT molecular complexity index is 2530. The van der Waals surface area contributed by atoms with Gasteiger partial charge in [0, 0.05) is 89.2 Å². The van der Waals surface area contributed by atoms with E-state index >= 15 is 0 Å². The van der Waals surface area contributed by atoms with Crippen LogP contribution in [0.3, 0.4) is 0 Å². The van der Waals surface area contributed by atoms with E-state index in [4.69, 9.17) is 11.6 Å². The molecule has 9 heterocycles. The van der Waals surface area contributed by atoms with E-state index in [2.05, 4.69) is 97.9 Å². The molecule has 1 N–H and O–H groups in total. The highest BCUT2D eigenvalue weighted by molar-refractivity contribution is 6.35. The van der Waals surface area contributed by atoms with Gasteiger partial charge in [0.1, 0.15) is 11.6 Å². The Morgan fingerprint density at radius 1 is 0.642 bits per heavy atom. The zero-order chi connectivity index (χ0) is 36.0. The minimum Gasteiger partial charge on any atom is -0.345 e. The molecule has 0 bridgehead atoms. The van der Waals surface area contributed by atoms with Gasteiger partial charge in [-0.1, -0.05) is 35.9 Å². The van der Waals surface area contributed by atoms with Gasteiger partial charge in [0.25, 0.3) is 0 Å². The second-order valence-corrected chi connectivity index (χ2v) is 15.8. The zero-order valence-corrected chi connectivity index (χ0v) is 30.9. The Hall–Kier alpha value is -4.47. The van der Waals surface area contributed by atoms with Gasteiger partial charge < -0.3 is 19.0 Å². The molecule has 0 radical (unpaired) electrons. The average molecular weight is 729 g/mol. The van der Waals surface area contributed by atoms with Crippen molar-refractivity contribution in [2.75, 3.05) is 33.7 Å². The monoisotopic (exact) mass is 728 g/mol. The molecule has 12 rings (SSSR count). The first-order valence-corrected chi connectivity index (χ1v) is 19.3. The molecule has 6 aliphatic rings. The lowest BCUT2D eigenvalue weighted by molar-refractivity contribution is 0.260. The van der Waals surface area contributed by atoms with E-state index < -0.39 is 0 Å². The van der Waals surface area contributed by atoms with Crippen molar-refractivity contribution in [1.82, 2.24) is 28.8 Å². The molecule has 3 atom stereocenters. The van der Waals surface area contributed by atoms with Crippen LogP contribution in [0.5, 0.6) is 0 Å². The summed E-state index contributed by atoms with van der Waals surface area (Å²) in [6.45, 7) is 6.16.